The van der Waals surface area contributed by atoms with Gasteiger partial charge < -0.3 is 9.47 Å². The van der Waals surface area contributed by atoms with Gasteiger partial charge in [0.15, 0.2) is 0 Å². The maximum atomic E-state index is 12.4. The molecule has 120 valence electrons. The van der Waals surface area contributed by atoms with Crippen LogP contribution in [0.4, 0.5) is 0 Å². The van der Waals surface area contributed by atoms with Crippen molar-refractivity contribution in [2.45, 2.75) is 31.7 Å². The molecule has 0 radical (unpaired) electrons. The van der Waals surface area contributed by atoms with Crippen molar-refractivity contribution in [2.24, 2.45) is 0 Å². The van der Waals surface area contributed by atoms with Crippen molar-refractivity contribution in [3.8, 4) is 0 Å². The molecule has 2 heterocycles. The number of rotatable bonds is 4. The molecular formula is C18H21N3O2. The topological polar surface area (TPSA) is 55.2 Å². The SMILES string of the molecule is CC(=O)C1(c2ccccc2)CCN(C(=O)Cn2ccnc2)CC1. The molecule has 0 bridgehead atoms. The van der Waals surface area contributed by atoms with Gasteiger partial charge in [-0.2, -0.15) is 0 Å². The van der Waals surface area contributed by atoms with Gasteiger partial charge >= 0.3 is 0 Å². The van der Waals surface area contributed by atoms with Crippen molar-refractivity contribution in [1.82, 2.24) is 14.5 Å². The Morgan fingerprint density at radius 2 is 1.87 bits per heavy atom. The summed E-state index contributed by atoms with van der Waals surface area (Å²) in [5.74, 6) is 0.263. The average Bonchev–Trinajstić information content (AvgIpc) is 3.08. The number of amides is 1. The maximum absolute atomic E-state index is 12.4. The third kappa shape index (κ3) is 3.04. The van der Waals surface area contributed by atoms with Crippen LogP contribution < -0.4 is 0 Å². The lowest BCUT2D eigenvalue weighted by Gasteiger charge is -2.40. The van der Waals surface area contributed by atoms with Crippen LogP contribution in [-0.2, 0) is 21.5 Å². The number of imidazole rings is 1. The van der Waals surface area contributed by atoms with Crippen LogP contribution in [0.5, 0.6) is 0 Å². The van der Waals surface area contributed by atoms with Crippen LogP contribution in [0.2, 0.25) is 0 Å². The number of carbonyl (C=O) groups is 2. The molecule has 2 aromatic rings. The lowest BCUT2D eigenvalue weighted by Crippen LogP contribution is -2.49. The Labute approximate surface area is 135 Å². The second kappa shape index (κ2) is 6.36. The second-order valence-corrected chi connectivity index (χ2v) is 6.12. The monoisotopic (exact) mass is 311 g/mol. The molecule has 0 unspecified atom stereocenters. The number of hydrogen-bond acceptors (Lipinski definition) is 3. The number of benzene rings is 1. The molecule has 3 rings (SSSR count). The molecule has 0 spiro atoms. The number of ketones is 1. The Hall–Kier alpha value is -2.43. The summed E-state index contributed by atoms with van der Waals surface area (Å²) in [6.45, 7) is 3.19. The van der Waals surface area contributed by atoms with Gasteiger partial charge in [-0.25, -0.2) is 4.98 Å². The minimum Gasteiger partial charge on any atom is -0.341 e. The van der Waals surface area contributed by atoms with Crippen molar-refractivity contribution < 1.29 is 9.59 Å². The van der Waals surface area contributed by atoms with Crippen molar-refractivity contribution >= 4 is 11.7 Å². The lowest BCUT2D eigenvalue weighted by molar-refractivity contribution is -0.136. The van der Waals surface area contributed by atoms with Gasteiger partial charge in [-0.3, -0.25) is 9.59 Å². The zero-order valence-electron chi connectivity index (χ0n) is 13.3. The highest BCUT2D eigenvalue weighted by Gasteiger charge is 2.41. The number of aromatic nitrogens is 2. The summed E-state index contributed by atoms with van der Waals surface area (Å²) in [6, 6.07) is 9.93. The molecule has 1 saturated heterocycles. The number of carbonyl (C=O) groups excluding carboxylic acids is 2. The Kier molecular flexibility index (Phi) is 4.28. The smallest absolute Gasteiger partial charge is 0.242 e. The van der Waals surface area contributed by atoms with Crippen LogP contribution >= 0.6 is 0 Å². The van der Waals surface area contributed by atoms with Gasteiger partial charge in [0.25, 0.3) is 0 Å². The Morgan fingerprint density at radius 1 is 1.17 bits per heavy atom. The molecule has 1 fully saturated rings. The van der Waals surface area contributed by atoms with E-state index in [9.17, 15) is 9.59 Å². The Morgan fingerprint density at radius 3 is 2.43 bits per heavy atom. The molecule has 23 heavy (non-hydrogen) atoms. The lowest BCUT2D eigenvalue weighted by atomic mass is 9.70. The first-order valence-electron chi connectivity index (χ1n) is 7.92. The molecule has 5 nitrogen and oxygen atoms in total. The fourth-order valence-electron chi connectivity index (χ4n) is 3.38. The van der Waals surface area contributed by atoms with Crippen LogP contribution in [0.3, 0.4) is 0 Å². The molecular weight excluding hydrogens is 290 g/mol. The van der Waals surface area contributed by atoms with E-state index >= 15 is 0 Å². The van der Waals surface area contributed by atoms with Crippen LogP contribution in [0.25, 0.3) is 0 Å². The van der Waals surface area contributed by atoms with E-state index in [2.05, 4.69) is 4.98 Å². The number of likely N-dealkylation sites (tertiary alicyclic amines) is 1. The van der Waals surface area contributed by atoms with E-state index in [0.717, 1.165) is 5.56 Å². The molecule has 0 N–H and O–H groups in total. The van der Waals surface area contributed by atoms with Crippen molar-refractivity contribution in [2.75, 3.05) is 13.1 Å². The molecule has 1 amide bonds. The molecule has 0 atom stereocenters. The van der Waals surface area contributed by atoms with E-state index < -0.39 is 5.41 Å². The highest BCUT2D eigenvalue weighted by atomic mass is 16.2. The quantitative estimate of drug-likeness (QED) is 0.868. The Bertz CT molecular complexity index is 672. The van der Waals surface area contributed by atoms with Crippen LogP contribution in [0, 0.1) is 0 Å². The van der Waals surface area contributed by atoms with E-state index in [4.69, 9.17) is 0 Å². The minimum absolute atomic E-state index is 0.0770. The Balaban J connectivity index is 1.70. The van der Waals surface area contributed by atoms with Gasteiger partial charge in [0, 0.05) is 25.5 Å². The standard InChI is InChI=1S/C18H21N3O2/c1-15(22)18(16-5-3-2-4-6-16)7-10-21(11-8-18)17(23)13-20-12-9-19-14-20/h2-6,9,12,14H,7-8,10-11,13H2,1H3. The number of piperidine rings is 1. The van der Waals surface area contributed by atoms with Crippen LogP contribution in [-0.4, -0.2) is 39.2 Å². The average molecular weight is 311 g/mol. The van der Waals surface area contributed by atoms with E-state index in [-0.39, 0.29) is 11.7 Å². The third-order valence-electron chi connectivity index (χ3n) is 4.85. The first-order valence-corrected chi connectivity index (χ1v) is 7.92. The molecule has 0 aliphatic carbocycles. The van der Waals surface area contributed by atoms with Gasteiger partial charge in [-0.15, -0.1) is 0 Å². The first kappa shape index (κ1) is 15.5. The summed E-state index contributed by atoms with van der Waals surface area (Å²) >= 11 is 0. The van der Waals surface area contributed by atoms with E-state index in [1.54, 1.807) is 30.2 Å². The summed E-state index contributed by atoms with van der Waals surface area (Å²) < 4.78 is 1.77. The van der Waals surface area contributed by atoms with Gasteiger partial charge in [0.2, 0.25) is 5.91 Å². The van der Waals surface area contributed by atoms with E-state index in [1.807, 2.05) is 35.2 Å². The highest BCUT2D eigenvalue weighted by Crippen LogP contribution is 2.36. The normalized spacial score (nSPS) is 17.0. The fraction of sp³-hybridized carbons (Fsp3) is 0.389. The summed E-state index contributed by atoms with van der Waals surface area (Å²) in [4.78, 5) is 30.5. The zero-order valence-corrected chi connectivity index (χ0v) is 13.3. The van der Waals surface area contributed by atoms with Crippen LogP contribution in [0.1, 0.15) is 25.3 Å². The fourth-order valence-corrected chi connectivity index (χ4v) is 3.38. The number of hydrogen-bond donors (Lipinski definition) is 0. The maximum Gasteiger partial charge on any atom is 0.242 e. The third-order valence-corrected chi connectivity index (χ3v) is 4.85. The minimum atomic E-state index is -0.451. The van der Waals surface area contributed by atoms with E-state index in [0.29, 0.717) is 32.5 Å². The molecule has 1 aliphatic rings. The zero-order chi connectivity index (χ0) is 16.3. The van der Waals surface area contributed by atoms with Crippen LogP contribution in [0.15, 0.2) is 49.1 Å². The first-order chi connectivity index (χ1) is 11.1. The van der Waals surface area contributed by atoms with Crippen molar-refractivity contribution in [3.05, 3.63) is 54.6 Å². The summed E-state index contributed by atoms with van der Waals surface area (Å²) in [5.41, 5.74) is 0.613. The highest BCUT2D eigenvalue weighted by molar-refractivity contribution is 5.88. The number of nitrogens with zero attached hydrogens (tertiary/aromatic N) is 3. The number of Topliss-reactive ketones (excluding diaryl/α,β-unsaturated/α-hetero) is 1. The molecule has 5 heteroatoms. The van der Waals surface area contributed by atoms with E-state index in [1.165, 1.54) is 0 Å². The second-order valence-electron chi connectivity index (χ2n) is 6.12. The van der Waals surface area contributed by atoms with Gasteiger partial charge in [0.1, 0.15) is 12.3 Å². The van der Waals surface area contributed by atoms with Gasteiger partial charge in [-0.05, 0) is 25.3 Å². The summed E-state index contributed by atoms with van der Waals surface area (Å²) in [7, 11) is 0. The largest absolute Gasteiger partial charge is 0.341 e. The summed E-state index contributed by atoms with van der Waals surface area (Å²) in [6.07, 6.45) is 6.46. The molecule has 0 saturated carbocycles. The van der Waals surface area contributed by atoms with Gasteiger partial charge in [0.05, 0.1) is 11.7 Å². The predicted octanol–water partition coefficient (Wildman–Crippen LogP) is 2.03. The molecule has 1 aromatic heterocycles. The molecule has 1 aromatic carbocycles. The van der Waals surface area contributed by atoms with Gasteiger partial charge in [-0.1, -0.05) is 30.3 Å². The van der Waals surface area contributed by atoms with Crippen molar-refractivity contribution in [1.29, 1.82) is 0 Å². The molecule has 1 aliphatic heterocycles. The predicted molar refractivity (Wildman–Crippen MR) is 86.8 cm³/mol. The van der Waals surface area contributed by atoms with Crippen molar-refractivity contribution in [3.63, 3.8) is 0 Å². The summed E-state index contributed by atoms with van der Waals surface area (Å²) in [5, 5.41) is 0.